The lowest BCUT2D eigenvalue weighted by Gasteiger charge is -2.37. The molecular weight excluding hydrogens is 270 g/mol. The van der Waals surface area contributed by atoms with Crippen LogP contribution in [0.1, 0.15) is 25.3 Å². The molecule has 0 bridgehead atoms. The minimum absolute atomic E-state index is 0.142. The molecule has 0 amide bonds. The van der Waals surface area contributed by atoms with Crippen molar-refractivity contribution in [2.24, 2.45) is 5.73 Å². The van der Waals surface area contributed by atoms with E-state index in [2.05, 4.69) is 42.1 Å². The molecule has 1 aromatic carbocycles. The van der Waals surface area contributed by atoms with E-state index in [1.807, 2.05) is 6.92 Å². The Labute approximate surface area is 127 Å². The third-order valence-electron chi connectivity index (χ3n) is 4.13. The van der Waals surface area contributed by atoms with Crippen LogP contribution in [-0.4, -0.2) is 44.2 Å². The average Bonchev–Trinajstić information content (AvgIpc) is 2.40. The molecule has 2 unspecified atom stereocenters. The van der Waals surface area contributed by atoms with Gasteiger partial charge in [0.15, 0.2) is 0 Å². The fraction of sp³-hybridized carbons (Fsp3) is 0.625. The predicted molar refractivity (Wildman–Crippen MR) is 87.7 cm³/mol. The van der Waals surface area contributed by atoms with E-state index in [-0.39, 0.29) is 6.04 Å². The molecule has 4 heteroatoms. The molecule has 0 saturated carbocycles. The quantitative estimate of drug-likeness (QED) is 0.927. The SMILES string of the molecule is CC(N)Cc1ccc(N(C)C2CCCN(C)C2)cc1Cl. The summed E-state index contributed by atoms with van der Waals surface area (Å²) in [6.07, 6.45) is 3.34. The van der Waals surface area contributed by atoms with Crippen LogP contribution in [0.3, 0.4) is 0 Å². The monoisotopic (exact) mass is 295 g/mol. The molecule has 1 aliphatic heterocycles. The Hall–Kier alpha value is -0.770. The first kappa shape index (κ1) is 15.6. The number of hydrogen-bond acceptors (Lipinski definition) is 3. The second-order valence-corrected chi connectivity index (χ2v) is 6.53. The first-order valence-electron chi connectivity index (χ1n) is 7.42. The molecule has 3 nitrogen and oxygen atoms in total. The molecule has 1 aliphatic rings. The summed E-state index contributed by atoms with van der Waals surface area (Å²) in [6.45, 7) is 4.34. The van der Waals surface area contributed by atoms with Crippen LogP contribution in [0, 0.1) is 0 Å². The van der Waals surface area contributed by atoms with Gasteiger partial charge >= 0.3 is 0 Å². The maximum atomic E-state index is 6.39. The Morgan fingerprint density at radius 2 is 2.25 bits per heavy atom. The van der Waals surface area contributed by atoms with E-state index in [1.54, 1.807) is 0 Å². The molecule has 112 valence electrons. The van der Waals surface area contributed by atoms with E-state index in [0.29, 0.717) is 6.04 Å². The topological polar surface area (TPSA) is 32.5 Å². The molecule has 2 atom stereocenters. The average molecular weight is 296 g/mol. The van der Waals surface area contributed by atoms with Crippen LogP contribution in [0.5, 0.6) is 0 Å². The van der Waals surface area contributed by atoms with Crippen LogP contribution in [0.2, 0.25) is 5.02 Å². The number of nitrogens with zero attached hydrogens (tertiary/aromatic N) is 2. The number of likely N-dealkylation sites (tertiary alicyclic amines) is 1. The molecule has 2 rings (SSSR count). The third-order valence-corrected chi connectivity index (χ3v) is 4.48. The number of anilines is 1. The van der Waals surface area contributed by atoms with Crippen molar-refractivity contribution in [3.8, 4) is 0 Å². The molecule has 2 N–H and O–H groups in total. The van der Waals surface area contributed by atoms with E-state index in [9.17, 15) is 0 Å². The smallest absolute Gasteiger partial charge is 0.0459 e. The number of benzene rings is 1. The highest BCUT2D eigenvalue weighted by atomic mass is 35.5. The Bertz CT molecular complexity index is 447. The number of hydrogen-bond donors (Lipinski definition) is 1. The molecule has 0 aromatic heterocycles. The lowest BCUT2D eigenvalue weighted by molar-refractivity contribution is 0.248. The van der Waals surface area contributed by atoms with E-state index < -0.39 is 0 Å². The summed E-state index contributed by atoms with van der Waals surface area (Å²) >= 11 is 6.39. The summed E-state index contributed by atoms with van der Waals surface area (Å²) < 4.78 is 0. The highest BCUT2D eigenvalue weighted by molar-refractivity contribution is 6.31. The molecule has 1 saturated heterocycles. The van der Waals surface area contributed by atoms with Gasteiger partial charge in [0, 0.05) is 36.4 Å². The van der Waals surface area contributed by atoms with Crippen LogP contribution in [0.15, 0.2) is 18.2 Å². The van der Waals surface area contributed by atoms with Crippen molar-refractivity contribution in [3.05, 3.63) is 28.8 Å². The molecule has 1 heterocycles. The zero-order chi connectivity index (χ0) is 14.7. The largest absolute Gasteiger partial charge is 0.370 e. The fourth-order valence-electron chi connectivity index (χ4n) is 2.93. The van der Waals surface area contributed by atoms with Gasteiger partial charge in [0.25, 0.3) is 0 Å². The summed E-state index contributed by atoms with van der Waals surface area (Å²) in [6, 6.07) is 7.07. The Morgan fingerprint density at radius 3 is 2.85 bits per heavy atom. The van der Waals surface area contributed by atoms with Crippen LogP contribution in [0.4, 0.5) is 5.69 Å². The second-order valence-electron chi connectivity index (χ2n) is 6.13. The van der Waals surface area contributed by atoms with Gasteiger partial charge in [0.2, 0.25) is 0 Å². The first-order valence-corrected chi connectivity index (χ1v) is 7.80. The Balaban J connectivity index is 2.10. The summed E-state index contributed by atoms with van der Waals surface area (Å²) in [5.41, 5.74) is 8.19. The fourth-order valence-corrected chi connectivity index (χ4v) is 3.19. The summed E-state index contributed by atoms with van der Waals surface area (Å²) in [7, 11) is 4.36. The Kier molecular flexibility index (Phi) is 5.30. The van der Waals surface area contributed by atoms with Crippen molar-refractivity contribution >= 4 is 17.3 Å². The number of likely N-dealkylation sites (N-methyl/N-ethyl adjacent to an activating group) is 2. The van der Waals surface area contributed by atoms with E-state index >= 15 is 0 Å². The van der Waals surface area contributed by atoms with Gasteiger partial charge in [-0.25, -0.2) is 0 Å². The van der Waals surface area contributed by atoms with Crippen LogP contribution < -0.4 is 10.6 Å². The lowest BCUT2D eigenvalue weighted by Crippen LogP contribution is -2.45. The van der Waals surface area contributed by atoms with Gasteiger partial charge in [-0.3, -0.25) is 0 Å². The third kappa shape index (κ3) is 3.87. The highest BCUT2D eigenvalue weighted by Gasteiger charge is 2.21. The number of rotatable bonds is 4. The molecule has 20 heavy (non-hydrogen) atoms. The molecule has 1 fully saturated rings. The van der Waals surface area contributed by atoms with Crippen molar-refractivity contribution in [2.45, 2.75) is 38.3 Å². The zero-order valence-electron chi connectivity index (χ0n) is 12.8. The van der Waals surface area contributed by atoms with Gasteiger partial charge in [0.1, 0.15) is 0 Å². The van der Waals surface area contributed by atoms with Crippen molar-refractivity contribution in [3.63, 3.8) is 0 Å². The van der Waals surface area contributed by atoms with E-state index in [1.165, 1.54) is 25.1 Å². The molecule has 0 radical (unpaired) electrons. The van der Waals surface area contributed by atoms with Crippen molar-refractivity contribution in [2.75, 3.05) is 32.1 Å². The van der Waals surface area contributed by atoms with Crippen molar-refractivity contribution < 1.29 is 0 Å². The minimum atomic E-state index is 0.142. The van der Waals surface area contributed by atoms with Gasteiger partial charge in [0.05, 0.1) is 0 Å². The number of halogens is 1. The molecular formula is C16H26ClN3. The second kappa shape index (κ2) is 6.79. The molecule has 1 aromatic rings. The van der Waals surface area contributed by atoms with Crippen LogP contribution in [0.25, 0.3) is 0 Å². The first-order chi connectivity index (χ1) is 9.47. The van der Waals surface area contributed by atoms with Gasteiger partial charge in [-0.15, -0.1) is 0 Å². The standard InChI is InChI=1S/C16H26ClN3/c1-12(18)9-13-6-7-14(10-16(13)17)20(3)15-5-4-8-19(2)11-15/h6-7,10,12,15H,4-5,8-9,11,18H2,1-3H3. The summed E-state index contributed by atoms with van der Waals surface area (Å²) in [5.74, 6) is 0. The van der Waals surface area contributed by atoms with Crippen LogP contribution >= 0.6 is 11.6 Å². The van der Waals surface area contributed by atoms with Gasteiger partial charge in [-0.2, -0.15) is 0 Å². The number of nitrogens with two attached hydrogens (primary N) is 1. The van der Waals surface area contributed by atoms with Crippen molar-refractivity contribution in [1.29, 1.82) is 0 Å². The van der Waals surface area contributed by atoms with Gasteiger partial charge in [-0.05, 0) is 57.5 Å². The zero-order valence-corrected chi connectivity index (χ0v) is 13.5. The van der Waals surface area contributed by atoms with E-state index in [0.717, 1.165) is 23.6 Å². The summed E-state index contributed by atoms with van der Waals surface area (Å²) in [5, 5.41) is 0.829. The van der Waals surface area contributed by atoms with Crippen LogP contribution in [-0.2, 0) is 6.42 Å². The van der Waals surface area contributed by atoms with Crippen molar-refractivity contribution in [1.82, 2.24) is 4.90 Å². The summed E-state index contributed by atoms with van der Waals surface area (Å²) in [4.78, 5) is 4.76. The highest BCUT2D eigenvalue weighted by Crippen LogP contribution is 2.27. The Morgan fingerprint density at radius 1 is 1.50 bits per heavy atom. The molecule has 0 spiro atoms. The molecule has 0 aliphatic carbocycles. The number of piperidine rings is 1. The van der Waals surface area contributed by atoms with E-state index in [4.69, 9.17) is 17.3 Å². The maximum absolute atomic E-state index is 6.39. The van der Waals surface area contributed by atoms with Gasteiger partial charge in [-0.1, -0.05) is 17.7 Å². The maximum Gasteiger partial charge on any atom is 0.0459 e. The minimum Gasteiger partial charge on any atom is -0.370 e. The predicted octanol–water partition coefficient (Wildman–Crippen LogP) is 2.76. The van der Waals surface area contributed by atoms with Gasteiger partial charge < -0.3 is 15.5 Å². The lowest BCUT2D eigenvalue weighted by atomic mass is 10.0. The normalized spacial score (nSPS) is 21.8.